The summed E-state index contributed by atoms with van der Waals surface area (Å²) in [6, 6.07) is 3.07. The van der Waals surface area contributed by atoms with E-state index in [4.69, 9.17) is 21.1 Å². The van der Waals surface area contributed by atoms with Gasteiger partial charge in [-0.2, -0.15) is 4.98 Å². The highest BCUT2D eigenvalue weighted by Gasteiger charge is 2.16. The van der Waals surface area contributed by atoms with E-state index in [1.54, 1.807) is 6.07 Å². The Hall–Kier alpha value is -2.28. The lowest BCUT2D eigenvalue weighted by atomic mass is 10.1. The Morgan fingerprint density at radius 1 is 1.16 bits per heavy atom. The summed E-state index contributed by atoms with van der Waals surface area (Å²) in [5, 5.41) is 0.357. The fourth-order valence-electron chi connectivity index (χ4n) is 1.63. The van der Waals surface area contributed by atoms with Gasteiger partial charge in [0.1, 0.15) is 0 Å². The van der Waals surface area contributed by atoms with Gasteiger partial charge in [-0.25, -0.2) is 9.59 Å². The minimum Gasteiger partial charge on any atom is -0.493 e. The molecule has 0 aliphatic heterocycles. The van der Waals surface area contributed by atoms with E-state index in [2.05, 4.69) is 9.97 Å². The van der Waals surface area contributed by atoms with E-state index < -0.39 is 11.4 Å². The highest BCUT2D eigenvalue weighted by Crippen LogP contribution is 2.38. The summed E-state index contributed by atoms with van der Waals surface area (Å²) in [6.45, 7) is 0. The molecule has 0 bridgehead atoms. The summed E-state index contributed by atoms with van der Waals surface area (Å²) in [5.41, 5.74) is -1.08. The number of methoxy groups -OCH3 is 2. The maximum absolute atomic E-state index is 11.3. The standard InChI is InChI=1S/C11H10ClN3O4/c1-18-7-4-5(12)3-6(8(7)19-2)9-13-10(16)15-11(17)14-9/h3-4H,1-2H3,(H2,13,14,15,16,17). The molecular formula is C11H10ClN3O4. The fraction of sp³-hybridized carbons (Fsp3) is 0.182. The largest absolute Gasteiger partial charge is 0.493 e. The van der Waals surface area contributed by atoms with Gasteiger partial charge in [-0.1, -0.05) is 11.6 Å². The Labute approximate surface area is 112 Å². The quantitative estimate of drug-likeness (QED) is 0.868. The maximum Gasteiger partial charge on any atom is 0.351 e. The third-order valence-electron chi connectivity index (χ3n) is 2.36. The second-order valence-electron chi connectivity index (χ2n) is 3.53. The first kappa shape index (κ1) is 13.2. The number of hydrogen-bond acceptors (Lipinski definition) is 5. The molecule has 2 aromatic rings. The number of ether oxygens (including phenoxy) is 2. The predicted molar refractivity (Wildman–Crippen MR) is 69.0 cm³/mol. The lowest BCUT2D eigenvalue weighted by Gasteiger charge is -2.12. The van der Waals surface area contributed by atoms with Crippen molar-refractivity contribution < 1.29 is 9.47 Å². The average molecular weight is 284 g/mol. The van der Waals surface area contributed by atoms with Gasteiger partial charge in [0.25, 0.3) is 0 Å². The summed E-state index contributed by atoms with van der Waals surface area (Å²) in [4.78, 5) is 30.5. The molecule has 19 heavy (non-hydrogen) atoms. The van der Waals surface area contributed by atoms with E-state index in [1.165, 1.54) is 20.3 Å². The summed E-state index contributed by atoms with van der Waals surface area (Å²) in [5.74, 6) is 0.736. The van der Waals surface area contributed by atoms with E-state index in [0.717, 1.165) is 0 Å². The van der Waals surface area contributed by atoms with Gasteiger partial charge >= 0.3 is 11.4 Å². The van der Waals surface area contributed by atoms with Crippen LogP contribution >= 0.6 is 11.6 Å². The molecule has 0 amide bonds. The van der Waals surface area contributed by atoms with Crippen molar-refractivity contribution in [3.05, 3.63) is 38.1 Å². The van der Waals surface area contributed by atoms with Crippen LogP contribution in [-0.4, -0.2) is 29.2 Å². The molecule has 0 aliphatic carbocycles. The Balaban J connectivity index is 2.77. The zero-order valence-electron chi connectivity index (χ0n) is 10.1. The van der Waals surface area contributed by atoms with E-state index in [1.807, 2.05) is 4.98 Å². The number of rotatable bonds is 3. The topological polar surface area (TPSA) is 97.1 Å². The summed E-state index contributed by atoms with van der Waals surface area (Å²) in [7, 11) is 2.88. The van der Waals surface area contributed by atoms with Gasteiger partial charge in [0.2, 0.25) is 0 Å². The molecule has 0 spiro atoms. The normalized spacial score (nSPS) is 10.3. The van der Waals surface area contributed by atoms with Crippen LogP contribution in [0.15, 0.2) is 21.7 Å². The molecule has 1 aromatic carbocycles. The highest BCUT2D eigenvalue weighted by atomic mass is 35.5. The lowest BCUT2D eigenvalue weighted by Crippen LogP contribution is -2.25. The Morgan fingerprint density at radius 3 is 2.47 bits per heavy atom. The smallest absolute Gasteiger partial charge is 0.351 e. The van der Waals surface area contributed by atoms with Crippen LogP contribution in [0.2, 0.25) is 5.02 Å². The van der Waals surface area contributed by atoms with Gasteiger partial charge < -0.3 is 9.47 Å². The molecule has 100 valence electrons. The first-order chi connectivity index (χ1) is 9.05. The van der Waals surface area contributed by atoms with Crippen LogP contribution in [0.25, 0.3) is 11.4 Å². The van der Waals surface area contributed by atoms with Gasteiger partial charge in [0.15, 0.2) is 17.3 Å². The molecule has 7 nitrogen and oxygen atoms in total. The molecule has 0 aliphatic rings. The van der Waals surface area contributed by atoms with Crippen molar-refractivity contribution in [1.29, 1.82) is 0 Å². The predicted octanol–water partition coefficient (Wildman–Crippen LogP) is 0.796. The summed E-state index contributed by atoms with van der Waals surface area (Å²) in [6.07, 6.45) is 0. The van der Waals surface area contributed by atoms with E-state index in [-0.39, 0.29) is 5.82 Å². The van der Waals surface area contributed by atoms with Crippen LogP contribution in [0.1, 0.15) is 0 Å². The number of hydrogen-bond donors (Lipinski definition) is 2. The second-order valence-corrected chi connectivity index (χ2v) is 3.97. The van der Waals surface area contributed by atoms with Crippen molar-refractivity contribution >= 4 is 11.6 Å². The van der Waals surface area contributed by atoms with E-state index in [9.17, 15) is 9.59 Å². The SMILES string of the molecule is COc1cc(Cl)cc(-c2nc(=O)[nH]c(=O)[nH]2)c1OC. The van der Waals surface area contributed by atoms with Crippen LogP contribution in [0.4, 0.5) is 0 Å². The van der Waals surface area contributed by atoms with Crippen molar-refractivity contribution in [3.8, 4) is 22.9 Å². The monoisotopic (exact) mass is 283 g/mol. The third-order valence-corrected chi connectivity index (χ3v) is 2.58. The minimum atomic E-state index is -0.764. The van der Waals surface area contributed by atoms with Gasteiger partial charge in [-0.15, -0.1) is 0 Å². The number of H-pyrrole nitrogens is 2. The maximum atomic E-state index is 11.3. The van der Waals surface area contributed by atoms with Crippen molar-refractivity contribution in [2.75, 3.05) is 14.2 Å². The molecule has 0 unspecified atom stereocenters. The van der Waals surface area contributed by atoms with Crippen LogP contribution < -0.4 is 20.9 Å². The van der Waals surface area contributed by atoms with Crippen LogP contribution in [-0.2, 0) is 0 Å². The molecular weight excluding hydrogens is 274 g/mol. The first-order valence-electron chi connectivity index (χ1n) is 5.17. The van der Waals surface area contributed by atoms with Crippen molar-refractivity contribution in [2.45, 2.75) is 0 Å². The zero-order chi connectivity index (χ0) is 14.0. The van der Waals surface area contributed by atoms with E-state index >= 15 is 0 Å². The van der Waals surface area contributed by atoms with Crippen molar-refractivity contribution in [3.63, 3.8) is 0 Å². The van der Waals surface area contributed by atoms with Gasteiger partial charge in [-0.05, 0) is 6.07 Å². The zero-order valence-corrected chi connectivity index (χ0v) is 10.9. The summed E-state index contributed by atoms with van der Waals surface area (Å²) < 4.78 is 10.3. The Kier molecular flexibility index (Phi) is 3.57. The van der Waals surface area contributed by atoms with Crippen LogP contribution in [0.3, 0.4) is 0 Å². The van der Waals surface area contributed by atoms with Crippen LogP contribution in [0, 0.1) is 0 Å². The summed E-state index contributed by atoms with van der Waals surface area (Å²) >= 11 is 5.95. The number of nitrogens with one attached hydrogen (secondary N) is 2. The molecule has 0 atom stereocenters. The molecule has 2 N–H and O–H groups in total. The van der Waals surface area contributed by atoms with Gasteiger partial charge in [0, 0.05) is 11.1 Å². The lowest BCUT2D eigenvalue weighted by molar-refractivity contribution is 0.356. The highest BCUT2D eigenvalue weighted by molar-refractivity contribution is 6.31. The van der Waals surface area contributed by atoms with Crippen molar-refractivity contribution in [1.82, 2.24) is 15.0 Å². The van der Waals surface area contributed by atoms with E-state index in [0.29, 0.717) is 22.1 Å². The molecule has 0 fully saturated rings. The molecule has 0 saturated carbocycles. The second kappa shape index (κ2) is 5.15. The molecule has 0 saturated heterocycles. The number of nitrogens with zero attached hydrogens (tertiary/aromatic N) is 1. The van der Waals surface area contributed by atoms with Gasteiger partial charge in [0.05, 0.1) is 19.8 Å². The minimum absolute atomic E-state index is 0.0476. The van der Waals surface area contributed by atoms with Crippen molar-refractivity contribution in [2.24, 2.45) is 0 Å². The first-order valence-corrected chi connectivity index (χ1v) is 5.55. The van der Waals surface area contributed by atoms with Gasteiger partial charge in [-0.3, -0.25) is 9.97 Å². The molecule has 0 radical (unpaired) electrons. The fourth-order valence-corrected chi connectivity index (χ4v) is 1.84. The number of aromatic amines is 2. The number of aromatic nitrogens is 3. The molecule has 8 heteroatoms. The van der Waals surface area contributed by atoms with Crippen LogP contribution in [0.5, 0.6) is 11.5 Å². The number of benzene rings is 1. The molecule has 1 aromatic heterocycles. The molecule has 1 heterocycles. The average Bonchev–Trinajstić information content (AvgIpc) is 2.36. The third kappa shape index (κ3) is 2.60. The number of halogens is 1. The Bertz CT molecular complexity index is 694. The Morgan fingerprint density at radius 2 is 1.89 bits per heavy atom. The molecule has 2 rings (SSSR count).